The van der Waals surface area contributed by atoms with Crippen LogP contribution in [0.15, 0.2) is 4.42 Å². The highest BCUT2D eigenvalue weighted by Gasteiger charge is 2.28. The maximum absolute atomic E-state index is 5.75. The molecular weight excluding hydrogens is 278 g/mol. The van der Waals surface area contributed by atoms with E-state index in [1.165, 1.54) is 12.8 Å². The number of nitrogens with zero attached hydrogens (tertiary/aromatic N) is 4. The summed E-state index contributed by atoms with van der Waals surface area (Å²) in [5.41, 5.74) is 0.977. The normalized spacial score (nSPS) is 20.0. The molecule has 0 bridgehead atoms. The van der Waals surface area contributed by atoms with Crippen LogP contribution in [0, 0.1) is 13.8 Å². The number of hydrogen-bond acceptors (Lipinski definition) is 5. The number of aryl methyl sites for hydroxylation is 2. The summed E-state index contributed by atoms with van der Waals surface area (Å²) in [4.78, 5) is 11.6. The van der Waals surface area contributed by atoms with Crippen LogP contribution in [0.3, 0.4) is 0 Å². The van der Waals surface area contributed by atoms with Crippen LogP contribution in [0.2, 0.25) is 0 Å². The predicted octanol–water partition coefficient (Wildman–Crippen LogP) is 3.26. The van der Waals surface area contributed by atoms with E-state index in [4.69, 9.17) is 4.42 Å². The summed E-state index contributed by atoms with van der Waals surface area (Å²) in [7, 11) is 0. The second-order valence-corrected chi connectivity index (χ2v) is 6.46. The lowest BCUT2D eigenvalue weighted by Crippen LogP contribution is -2.33. The predicted molar refractivity (Wildman–Crippen MR) is 83.5 cm³/mol. The van der Waals surface area contributed by atoms with Crippen molar-refractivity contribution in [3.05, 3.63) is 29.0 Å². The summed E-state index contributed by atoms with van der Waals surface area (Å²) in [6.45, 7) is 9.96. The van der Waals surface area contributed by atoms with E-state index in [2.05, 4.69) is 38.9 Å². The zero-order valence-corrected chi connectivity index (χ0v) is 13.9. The Morgan fingerprint density at radius 1 is 1.27 bits per heavy atom. The smallest absolute Gasteiger partial charge is 0.208 e. The Balaban J connectivity index is 1.78. The molecule has 3 rings (SSSR count). The molecule has 0 saturated carbocycles. The summed E-state index contributed by atoms with van der Waals surface area (Å²) in [5, 5.41) is 7.48. The molecule has 1 fully saturated rings. The zero-order chi connectivity index (χ0) is 15.7. The molecule has 0 spiro atoms. The van der Waals surface area contributed by atoms with Crippen LogP contribution in [0.1, 0.15) is 74.1 Å². The highest BCUT2D eigenvalue weighted by atomic mass is 16.4. The lowest BCUT2D eigenvalue weighted by molar-refractivity contribution is 0.121. The van der Waals surface area contributed by atoms with Crippen molar-refractivity contribution in [2.45, 2.75) is 65.5 Å². The van der Waals surface area contributed by atoms with Crippen LogP contribution in [-0.2, 0) is 6.54 Å². The van der Waals surface area contributed by atoms with Crippen molar-refractivity contribution >= 4 is 0 Å². The number of piperidine rings is 1. The lowest BCUT2D eigenvalue weighted by Gasteiger charge is -2.33. The zero-order valence-electron chi connectivity index (χ0n) is 13.9. The first-order valence-electron chi connectivity index (χ1n) is 8.13. The molecule has 1 aliphatic heterocycles. The molecule has 0 amide bonds. The number of likely N-dealkylation sites (tertiary alicyclic amines) is 1. The Kier molecular flexibility index (Phi) is 4.29. The van der Waals surface area contributed by atoms with Gasteiger partial charge in [-0.3, -0.25) is 10.00 Å². The first-order valence-corrected chi connectivity index (χ1v) is 8.13. The minimum atomic E-state index is 0.279. The Morgan fingerprint density at radius 3 is 2.73 bits per heavy atom. The Morgan fingerprint density at radius 2 is 2.09 bits per heavy atom. The van der Waals surface area contributed by atoms with E-state index in [9.17, 15) is 0 Å². The molecule has 0 unspecified atom stereocenters. The van der Waals surface area contributed by atoms with Crippen molar-refractivity contribution in [2.75, 3.05) is 6.54 Å². The van der Waals surface area contributed by atoms with E-state index in [0.717, 1.165) is 48.5 Å². The molecule has 120 valence electrons. The van der Waals surface area contributed by atoms with E-state index in [0.29, 0.717) is 5.92 Å². The second kappa shape index (κ2) is 6.20. The topological polar surface area (TPSA) is 70.8 Å². The Labute approximate surface area is 131 Å². The highest BCUT2D eigenvalue weighted by molar-refractivity contribution is 5.06. The van der Waals surface area contributed by atoms with Crippen molar-refractivity contribution in [1.82, 2.24) is 25.1 Å². The van der Waals surface area contributed by atoms with Crippen LogP contribution in [0.5, 0.6) is 0 Å². The van der Waals surface area contributed by atoms with E-state index in [-0.39, 0.29) is 6.04 Å². The quantitative estimate of drug-likeness (QED) is 0.938. The second-order valence-electron chi connectivity index (χ2n) is 6.46. The number of nitrogens with one attached hydrogen (secondary N) is 1. The Bertz CT molecular complexity index is 611. The van der Waals surface area contributed by atoms with E-state index in [1.54, 1.807) is 0 Å². The molecule has 22 heavy (non-hydrogen) atoms. The minimum absolute atomic E-state index is 0.279. The molecule has 1 atom stereocenters. The first-order chi connectivity index (χ1) is 10.5. The molecule has 1 saturated heterocycles. The summed E-state index contributed by atoms with van der Waals surface area (Å²) in [6.07, 6.45) is 3.54. The van der Waals surface area contributed by atoms with Crippen molar-refractivity contribution in [3.8, 4) is 0 Å². The molecular formula is C16H25N5O. The highest BCUT2D eigenvalue weighted by Crippen LogP contribution is 2.30. The van der Waals surface area contributed by atoms with Gasteiger partial charge in [0, 0.05) is 5.92 Å². The standard InChI is InChI=1S/C16H25N5O/c1-10(2)15-18-16(20-19-15)13-7-5-6-8-21(13)9-14-17-11(3)12(4)22-14/h10,13H,5-9H2,1-4H3,(H,18,19,20)/t13-/m1/s1. The maximum atomic E-state index is 5.75. The fraction of sp³-hybridized carbons (Fsp3) is 0.688. The largest absolute Gasteiger partial charge is 0.444 e. The fourth-order valence-electron chi connectivity index (χ4n) is 2.97. The van der Waals surface area contributed by atoms with Crippen LogP contribution >= 0.6 is 0 Å². The summed E-state index contributed by atoms with van der Waals surface area (Å²) in [6, 6.07) is 0.279. The van der Waals surface area contributed by atoms with Crippen LogP contribution < -0.4 is 0 Å². The van der Waals surface area contributed by atoms with Gasteiger partial charge in [-0.25, -0.2) is 9.97 Å². The molecule has 0 aliphatic carbocycles. The van der Waals surface area contributed by atoms with Crippen molar-refractivity contribution in [2.24, 2.45) is 0 Å². The van der Waals surface area contributed by atoms with Gasteiger partial charge in [-0.15, -0.1) is 0 Å². The molecule has 6 nitrogen and oxygen atoms in total. The van der Waals surface area contributed by atoms with Gasteiger partial charge in [0.05, 0.1) is 18.3 Å². The molecule has 2 aromatic rings. The third-order valence-corrected chi connectivity index (χ3v) is 4.38. The number of H-pyrrole nitrogens is 1. The third-order valence-electron chi connectivity index (χ3n) is 4.38. The third kappa shape index (κ3) is 3.06. The molecule has 3 heterocycles. The van der Waals surface area contributed by atoms with Crippen molar-refractivity contribution in [3.63, 3.8) is 0 Å². The van der Waals surface area contributed by atoms with E-state index < -0.39 is 0 Å². The van der Waals surface area contributed by atoms with Gasteiger partial charge < -0.3 is 4.42 Å². The Hall–Kier alpha value is -1.69. The number of rotatable bonds is 4. The number of aromatic nitrogens is 4. The van der Waals surface area contributed by atoms with Gasteiger partial charge in [0.25, 0.3) is 0 Å². The molecule has 1 N–H and O–H groups in total. The van der Waals surface area contributed by atoms with E-state index in [1.807, 2.05) is 13.8 Å². The summed E-state index contributed by atoms with van der Waals surface area (Å²) < 4.78 is 5.75. The summed E-state index contributed by atoms with van der Waals surface area (Å²) in [5.74, 6) is 3.92. The van der Waals surface area contributed by atoms with Crippen LogP contribution in [-0.4, -0.2) is 31.6 Å². The van der Waals surface area contributed by atoms with Gasteiger partial charge >= 0.3 is 0 Å². The van der Waals surface area contributed by atoms with Crippen molar-refractivity contribution in [1.29, 1.82) is 0 Å². The first kappa shape index (κ1) is 15.2. The molecule has 1 aliphatic rings. The van der Waals surface area contributed by atoms with E-state index >= 15 is 0 Å². The van der Waals surface area contributed by atoms with Crippen molar-refractivity contribution < 1.29 is 4.42 Å². The lowest BCUT2D eigenvalue weighted by atomic mass is 10.0. The van der Waals surface area contributed by atoms with Gasteiger partial charge in [0.2, 0.25) is 5.89 Å². The maximum Gasteiger partial charge on any atom is 0.208 e. The average Bonchev–Trinajstić information content (AvgIpc) is 3.08. The van der Waals surface area contributed by atoms with Crippen LogP contribution in [0.4, 0.5) is 0 Å². The average molecular weight is 303 g/mol. The molecule has 2 aromatic heterocycles. The van der Waals surface area contributed by atoms with Gasteiger partial charge in [-0.2, -0.15) is 5.10 Å². The summed E-state index contributed by atoms with van der Waals surface area (Å²) >= 11 is 0. The van der Waals surface area contributed by atoms with Gasteiger partial charge in [-0.1, -0.05) is 20.3 Å². The SMILES string of the molecule is Cc1nc(CN2CCCC[C@@H]2c2nc(C(C)C)n[nH]2)oc1C. The molecule has 0 radical (unpaired) electrons. The minimum Gasteiger partial charge on any atom is -0.444 e. The monoisotopic (exact) mass is 303 g/mol. The number of aromatic amines is 1. The number of oxazole rings is 1. The molecule has 0 aromatic carbocycles. The van der Waals surface area contributed by atoms with Gasteiger partial charge in [-0.05, 0) is 33.2 Å². The van der Waals surface area contributed by atoms with Gasteiger partial charge in [0.15, 0.2) is 5.82 Å². The van der Waals surface area contributed by atoms with Crippen LogP contribution in [0.25, 0.3) is 0 Å². The fourth-order valence-corrected chi connectivity index (χ4v) is 2.97. The van der Waals surface area contributed by atoms with Gasteiger partial charge in [0.1, 0.15) is 11.6 Å². The number of hydrogen-bond donors (Lipinski definition) is 1. The molecule has 6 heteroatoms.